The number of hydrogen-bond acceptors (Lipinski definition) is 5. The summed E-state index contributed by atoms with van der Waals surface area (Å²) in [4.78, 5) is 38.6. The smallest absolute Gasteiger partial charge is 0.338 e. The molecule has 1 heterocycles. The van der Waals surface area contributed by atoms with E-state index in [0.717, 1.165) is 5.56 Å². The van der Waals surface area contributed by atoms with E-state index in [9.17, 15) is 14.4 Å². The molecule has 0 radical (unpaired) electrons. The number of amides is 2. The van der Waals surface area contributed by atoms with Gasteiger partial charge in [-0.25, -0.2) is 4.79 Å². The molecule has 0 saturated carbocycles. The predicted molar refractivity (Wildman–Crippen MR) is 114 cm³/mol. The molecule has 1 aliphatic heterocycles. The maximum Gasteiger partial charge on any atom is 0.338 e. The molecule has 0 aromatic heterocycles. The Morgan fingerprint density at radius 1 is 1.14 bits per heavy atom. The van der Waals surface area contributed by atoms with E-state index in [4.69, 9.17) is 4.74 Å². The van der Waals surface area contributed by atoms with E-state index >= 15 is 0 Å². The lowest BCUT2D eigenvalue weighted by Crippen LogP contribution is -2.39. The zero-order chi connectivity index (χ0) is 20.8. The normalized spacial score (nSPS) is 13.8. The third kappa shape index (κ3) is 5.48. The lowest BCUT2D eigenvalue weighted by Gasteiger charge is -2.28. The van der Waals surface area contributed by atoms with Crippen molar-refractivity contribution in [3.8, 4) is 0 Å². The summed E-state index contributed by atoms with van der Waals surface area (Å²) < 4.78 is 5.18. The molecule has 2 aromatic carbocycles. The lowest BCUT2D eigenvalue weighted by molar-refractivity contribution is -0.129. The lowest BCUT2D eigenvalue weighted by atomic mass is 10.1. The van der Waals surface area contributed by atoms with Crippen LogP contribution in [-0.2, 0) is 14.3 Å². The molecular formula is C22H22N2O4S. The highest BCUT2D eigenvalue weighted by Gasteiger charge is 2.25. The van der Waals surface area contributed by atoms with Crippen molar-refractivity contribution in [2.75, 3.05) is 17.6 Å². The summed E-state index contributed by atoms with van der Waals surface area (Å²) >= 11 is 1.41. The third-order valence-corrected chi connectivity index (χ3v) is 4.89. The van der Waals surface area contributed by atoms with E-state index < -0.39 is 5.97 Å². The molecule has 2 aromatic rings. The molecule has 0 atom stereocenters. The fourth-order valence-electron chi connectivity index (χ4n) is 2.82. The molecule has 7 heteroatoms. The Labute approximate surface area is 173 Å². The summed E-state index contributed by atoms with van der Waals surface area (Å²) in [7, 11) is 0. The van der Waals surface area contributed by atoms with Crippen LogP contribution < -0.4 is 5.32 Å². The summed E-state index contributed by atoms with van der Waals surface area (Å²) in [6, 6.07) is 16.0. The fourth-order valence-corrected chi connectivity index (χ4v) is 3.63. The van der Waals surface area contributed by atoms with E-state index in [0.29, 0.717) is 22.7 Å². The van der Waals surface area contributed by atoms with Gasteiger partial charge in [-0.2, -0.15) is 0 Å². The zero-order valence-corrected chi connectivity index (χ0v) is 17.1. The Balaban J connectivity index is 1.71. The fraction of sp³-hybridized carbons (Fsp3) is 0.227. The van der Waals surface area contributed by atoms with Gasteiger partial charge < -0.3 is 15.0 Å². The third-order valence-electron chi connectivity index (χ3n) is 4.09. The van der Waals surface area contributed by atoms with Gasteiger partial charge in [0.1, 0.15) is 6.54 Å². The van der Waals surface area contributed by atoms with Crippen molar-refractivity contribution >= 4 is 40.9 Å². The minimum Gasteiger partial charge on any atom is -0.459 e. The molecule has 2 amide bonds. The molecule has 0 unspecified atom stereocenters. The maximum absolute atomic E-state index is 12.6. The number of thioether (sulfide) groups is 1. The number of ether oxygens (including phenoxy) is 1. The number of rotatable bonds is 6. The van der Waals surface area contributed by atoms with Crippen LogP contribution in [0.1, 0.15) is 29.8 Å². The minimum atomic E-state index is -0.450. The number of nitrogens with one attached hydrogen (secondary N) is 1. The molecule has 0 fully saturated rings. The Morgan fingerprint density at radius 3 is 2.62 bits per heavy atom. The molecular weight excluding hydrogens is 388 g/mol. The van der Waals surface area contributed by atoms with E-state index in [1.165, 1.54) is 16.7 Å². The average molecular weight is 410 g/mol. The summed E-state index contributed by atoms with van der Waals surface area (Å²) in [5.41, 5.74) is 2.40. The first-order valence-corrected chi connectivity index (χ1v) is 10.3. The second kappa shape index (κ2) is 9.43. The van der Waals surface area contributed by atoms with Gasteiger partial charge in [0.05, 0.1) is 23.1 Å². The standard InChI is InChI=1S/C22H22N2O4S/c1-15(2)28-22(27)17-9-6-10-18(11-17)23-20(25)12-24-19(13-29-14-21(24)26)16-7-4-3-5-8-16/h3-11,13,15H,12,14H2,1-2H3,(H,23,25). The van der Waals surface area contributed by atoms with Gasteiger partial charge in [0, 0.05) is 5.69 Å². The highest BCUT2D eigenvalue weighted by Crippen LogP contribution is 2.28. The van der Waals surface area contributed by atoms with Crippen molar-refractivity contribution in [2.24, 2.45) is 0 Å². The summed E-state index contributed by atoms with van der Waals surface area (Å²) in [5.74, 6) is -0.629. The zero-order valence-electron chi connectivity index (χ0n) is 16.3. The SMILES string of the molecule is CC(C)OC(=O)c1cccc(NC(=O)CN2C(=O)CSC=C2c2ccccc2)c1. The first kappa shape index (κ1) is 20.7. The molecule has 6 nitrogen and oxygen atoms in total. The van der Waals surface area contributed by atoms with Gasteiger partial charge in [0.15, 0.2) is 0 Å². The van der Waals surface area contributed by atoms with E-state index in [1.807, 2.05) is 35.7 Å². The number of esters is 1. The highest BCUT2D eigenvalue weighted by molar-refractivity contribution is 8.03. The Kier molecular flexibility index (Phi) is 6.72. The molecule has 0 aliphatic carbocycles. The van der Waals surface area contributed by atoms with Crippen molar-refractivity contribution in [2.45, 2.75) is 20.0 Å². The largest absolute Gasteiger partial charge is 0.459 e. The molecule has 1 N–H and O–H groups in total. The first-order valence-electron chi connectivity index (χ1n) is 9.22. The van der Waals surface area contributed by atoms with Crippen LogP contribution in [0.25, 0.3) is 5.70 Å². The van der Waals surface area contributed by atoms with Crippen molar-refractivity contribution in [1.82, 2.24) is 4.90 Å². The van der Waals surface area contributed by atoms with Crippen LogP contribution in [-0.4, -0.2) is 41.1 Å². The molecule has 29 heavy (non-hydrogen) atoms. The Morgan fingerprint density at radius 2 is 1.90 bits per heavy atom. The van der Waals surface area contributed by atoms with E-state index in [2.05, 4.69) is 5.32 Å². The summed E-state index contributed by atoms with van der Waals surface area (Å²) in [5, 5.41) is 4.65. The summed E-state index contributed by atoms with van der Waals surface area (Å²) in [6.07, 6.45) is -0.230. The monoisotopic (exact) mass is 410 g/mol. The summed E-state index contributed by atoms with van der Waals surface area (Å²) in [6.45, 7) is 3.44. The van der Waals surface area contributed by atoms with Crippen molar-refractivity contribution < 1.29 is 19.1 Å². The average Bonchev–Trinajstić information content (AvgIpc) is 2.70. The molecule has 0 bridgehead atoms. The Hall–Kier alpha value is -3.06. The van der Waals surface area contributed by atoms with Crippen molar-refractivity contribution in [3.63, 3.8) is 0 Å². The van der Waals surface area contributed by atoms with Crippen LogP contribution in [0.2, 0.25) is 0 Å². The van der Waals surface area contributed by atoms with Gasteiger partial charge in [0.2, 0.25) is 11.8 Å². The molecule has 3 rings (SSSR count). The maximum atomic E-state index is 12.6. The molecule has 0 spiro atoms. The van der Waals surface area contributed by atoms with E-state index in [-0.39, 0.29) is 24.5 Å². The number of benzene rings is 2. The van der Waals surface area contributed by atoms with Crippen LogP contribution in [0.15, 0.2) is 60.0 Å². The number of carbonyl (C=O) groups excluding carboxylic acids is 3. The topological polar surface area (TPSA) is 75.7 Å². The Bertz CT molecular complexity index is 941. The molecule has 1 aliphatic rings. The number of anilines is 1. The highest BCUT2D eigenvalue weighted by atomic mass is 32.2. The van der Waals surface area contributed by atoms with Gasteiger partial charge in [-0.15, -0.1) is 11.8 Å². The minimum absolute atomic E-state index is 0.110. The van der Waals surface area contributed by atoms with Gasteiger partial charge in [-0.3, -0.25) is 9.59 Å². The van der Waals surface area contributed by atoms with Crippen LogP contribution in [0.5, 0.6) is 0 Å². The van der Waals surface area contributed by atoms with Gasteiger partial charge in [-0.1, -0.05) is 36.4 Å². The van der Waals surface area contributed by atoms with Crippen LogP contribution in [0.4, 0.5) is 5.69 Å². The molecule has 150 valence electrons. The second-order valence-corrected chi connectivity index (χ2v) is 7.60. The van der Waals surface area contributed by atoms with Gasteiger partial charge in [0.25, 0.3) is 0 Å². The van der Waals surface area contributed by atoms with Crippen LogP contribution in [0, 0.1) is 0 Å². The molecule has 0 saturated heterocycles. The van der Waals surface area contributed by atoms with Gasteiger partial charge in [-0.05, 0) is 43.0 Å². The number of hydrogen-bond donors (Lipinski definition) is 1. The number of carbonyl (C=O) groups is 3. The second-order valence-electron chi connectivity index (χ2n) is 6.74. The number of nitrogens with zero attached hydrogens (tertiary/aromatic N) is 1. The first-order chi connectivity index (χ1) is 13.9. The van der Waals surface area contributed by atoms with E-state index in [1.54, 1.807) is 38.1 Å². The van der Waals surface area contributed by atoms with Crippen molar-refractivity contribution in [3.05, 3.63) is 71.1 Å². The quantitative estimate of drug-likeness (QED) is 0.734. The van der Waals surface area contributed by atoms with Gasteiger partial charge >= 0.3 is 5.97 Å². The van der Waals surface area contributed by atoms with Crippen LogP contribution >= 0.6 is 11.8 Å². The van der Waals surface area contributed by atoms with Crippen molar-refractivity contribution in [1.29, 1.82) is 0 Å². The van der Waals surface area contributed by atoms with Crippen LogP contribution in [0.3, 0.4) is 0 Å². The predicted octanol–water partition coefficient (Wildman–Crippen LogP) is 3.76.